The van der Waals surface area contributed by atoms with Crippen LogP contribution in [0, 0.1) is 17.6 Å². The molecule has 0 radical (unpaired) electrons. The van der Waals surface area contributed by atoms with Crippen molar-refractivity contribution >= 4 is 23.2 Å². The number of anilines is 3. The molecular formula is C24H28F2N6O2. The van der Waals surface area contributed by atoms with Gasteiger partial charge < -0.3 is 26.8 Å². The highest BCUT2D eigenvalue weighted by atomic mass is 19.1. The number of rotatable bonds is 10. The number of nitrogens with zero attached hydrogens (tertiary/aromatic N) is 2. The Balaban J connectivity index is 1.97. The summed E-state index contributed by atoms with van der Waals surface area (Å²) in [5.74, 6) is -1.73. The van der Waals surface area contributed by atoms with Gasteiger partial charge in [-0.2, -0.15) is 0 Å². The number of primary amides is 1. The molecule has 0 spiro atoms. The molecule has 8 nitrogen and oxygen atoms in total. The number of methoxy groups -OCH3 is 1. The molecule has 0 fully saturated rings. The number of nitrogens with two attached hydrogens (primary N) is 2. The molecule has 0 aliphatic heterocycles. The van der Waals surface area contributed by atoms with E-state index in [-0.39, 0.29) is 41.1 Å². The molecule has 3 rings (SSSR count). The summed E-state index contributed by atoms with van der Waals surface area (Å²) in [6, 6.07) is 7.19. The van der Waals surface area contributed by atoms with Crippen LogP contribution in [0.1, 0.15) is 30.6 Å². The Morgan fingerprint density at radius 1 is 1.18 bits per heavy atom. The van der Waals surface area contributed by atoms with Crippen molar-refractivity contribution in [3.63, 3.8) is 0 Å². The number of ether oxygens (including phenoxy) is 1. The summed E-state index contributed by atoms with van der Waals surface area (Å²) in [6.45, 7) is 4.34. The van der Waals surface area contributed by atoms with Crippen LogP contribution in [0.3, 0.4) is 0 Å². The molecule has 2 aromatic heterocycles. The molecule has 3 aromatic rings. The van der Waals surface area contributed by atoms with E-state index >= 15 is 0 Å². The maximum absolute atomic E-state index is 14.7. The minimum absolute atomic E-state index is 0.0294. The van der Waals surface area contributed by atoms with E-state index in [1.165, 1.54) is 25.6 Å². The summed E-state index contributed by atoms with van der Waals surface area (Å²) in [5.41, 5.74) is 12.2. The number of carbonyl (C=O) groups is 1. The zero-order valence-corrected chi connectivity index (χ0v) is 19.2. The molecular weight excluding hydrogens is 442 g/mol. The SMILES string of the molecule is COc1cccc(-c2cncc(Nc3nc(NC(CN)CC(C)C)c(F)cc3C(N)=O)c2)c1F. The van der Waals surface area contributed by atoms with E-state index in [2.05, 4.69) is 20.6 Å². The first-order valence-corrected chi connectivity index (χ1v) is 10.7. The minimum Gasteiger partial charge on any atom is -0.494 e. The van der Waals surface area contributed by atoms with Gasteiger partial charge in [-0.05, 0) is 30.5 Å². The number of carbonyl (C=O) groups excluding carboxylic acids is 1. The fourth-order valence-corrected chi connectivity index (χ4v) is 3.53. The van der Waals surface area contributed by atoms with Gasteiger partial charge in [0.15, 0.2) is 23.2 Å². The topological polar surface area (TPSA) is 128 Å². The van der Waals surface area contributed by atoms with Crippen LogP contribution in [0.5, 0.6) is 5.75 Å². The minimum atomic E-state index is -0.860. The maximum atomic E-state index is 14.7. The summed E-state index contributed by atoms with van der Waals surface area (Å²) < 4.78 is 34.5. The van der Waals surface area contributed by atoms with Crippen molar-refractivity contribution < 1.29 is 18.3 Å². The molecule has 0 saturated heterocycles. The molecule has 10 heteroatoms. The number of pyridine rings is 2. The number of halogens is 2. The molecule has 2 heterocycles. The van der Waals surface area contributed by atoms with Crippen molar-refractivity contribution in [2.75, 3.05) is 24.3 Å². The van der Waals surface area contributed by atoms with E-state index in [1.807, 2.05) is 13.8 Å². The van der Waals surface area contributed by atoms with Crippen LogP contribution < -0.4 is 26.8 Å². The van der Waals surface area contributed by atoms with Crippen LogP contribution in [0.4, 0.5) is 26.1 Å². The lowest BCUT2D eigenvalue weighted by Gasteiger charge is -2.21. The van der Waals surface area contributed by atoms with Crippen molar-refractivity contribution in [1.82, 2.24) is 9.97 Å². The Kier molecular flexibility index (Phi) is 7.95. The van der Waals surface area contributed by atoms with Crippen LogP contribution in [0.25, 0.3) is 11.1 Å². The summed E-state index contributed by atoms with van der Waals surface area (Å²) in [4.78, 5) is 20.4. The van der Waals surface area contributed by atoms with Gasteiger partial charge in [0, 0.05) is 29.9 Å². The van der Waals surface area contributed by atoms with Crippen LogP contribution in [-0.2, 0) is 0 Å². The predicted molar refractivity (Wildman–Crippen MR) is 128 cm³/mol. The van der Waals surface area contributed by atoms with Gasteiger partial charge >= 0.3 is 0 Å². The largest absolute Gasteiger partial charge is 0.494 e. The van der Waals surface area contributed by atoms with Gasteiger partial charge in [0.05, 0.1) is 24.6 Å². The highest BCUT2D eigenvalue weighted by Crippen LogP contribution is 2.31. The molecule has 180 valence electrons. The Morgan fingerprint density at radius 3 is 2.59 bits per heavy atom. The van der Waals surface area contributed by atoms with Crippen molar-refractivity contribution in [2.24, 2.45) is 17.4 Å². The first-order valence-electron chi connectivity index (χ1n) is 10.7. The second kappa shape index (κ2) is 10.9. The normalized spacial score (nSPS) is 11.9. The van der Waals surface area contributed by atoms with Crippen LogP contribution in [0.2, 0.25) is 0 Å². The Bertz CT molecular complexity index is 1170. The van der Waals surface area contributed by atoms with Crippen LogP contribution in [-0.4, -0.2) is 35.6 Å². The van der Waals surface area contributed by atoms with Gasteiger partial charge in [-0.3, -0.25) is 9.78 Å². The molecule has 0 saturated carbocycles. The molecule has 1 aromatic carbocycles. The first kappa shape index (κ1) is 24.8. The highest BCUT2D eigenvalue weighted by molar-refractivity contribution is 5.98. The molecule has 1 unspecified atom stereocenters. The number of amides is 1. The van der Waals surface area contributed by atoms with Crippen molar-refractivity contribution in [2.45, 2.75) is 26.3 Å². The fraction of sp³-hybridized carbons (Fsp3) is 0.292. The second-order valence-corrected chi connectivity index (χ2v) is 8.19. The average molecular weight is 471 g/mol. The van der Waals surface area contributed by atoms with Gasteiger partial charge in [-0.25, -0.2) is 13.8 Å². The second-order valence-electron chi connectivity index (χ2n) is 8.19. The van der Waals surface area contributed by atoms with Gasteiger partial charge in [0.2, 0.25) is 0 Å². The van der Waals surface area contributed by atoms with E-state index in [4.69, 9.17) is 16.2 Å². The molecule has 0 aliphatic carbocycles. The Labute approximate surface area is 196 Å². The zero-order valence-electron chi connectivity index (χ0n) is 19.2. The fourth-order valence-electron chi connectivity index (χ4n) is 3.53. The van der Waals surface area contributed by atoms with Gasteiger partial charge in [0.25, 0.3) is 5.91 Å². The maximum Gasteiger partial charge on any atom is 0.252 e. The van der Waals surface area contributed by atoms with Crippen LogP contribution >= 0.6 is 0 Å². The number of hydrogen-bond acceptors (Lipinski definition) is 7. The van der Waals surface area contributed by atoms with Gasteiger partial charge in [-0.15, -0.1) is 0 Å². The Morgan fingerprint density at radius 2 is 1.94 bits per heavy atom. The van der Waals surface area contributed by atoms with E-state index < -0.39 is 17.5 Å². The van der Waals surface area contributed by atoms with Crippen molar-refractivity contribution in [1.29, 1.82) is 0 Å². The number of aromatic nitrogens is 2. The molecule has 6 N–H and O–H groups in total. The summed E-state index contributed by atoms with van der Waals surface area (Å²) >= 11 is 0. The molecule has 34 heavy (non-hydrogen) atoms. The first-order chi connectivity index (χ1) is 16.2. The van der Waals surface area contributed by atoms with Gasteiger partial charge in [-0.1, -0.05) is 26.0 Å². The van der Waals surface area contributed by atoms with Gasteiger partial charge in [0.1, 0.15) is 5.82 Å². The quantitative estimate of drug-likeness (QED) is 0.352. The third-order valence-corrected chi connectivity index (χ3v) is 5.12. The third-order valence-electron chi connectivity index (χ3n) is 5.12. The number of hydrogen-bond donors (Lipinski definition) is 4. The zero-order chi connectivity index (χ0) is 24.8. The summed E-state index contributed by atoms with van der Waals surface area (Å²) in [7, 11) is 1.38. The van der Waals surface area contributed by atoms with E-state index in [9.17, 15) is 13.6 Å². The third kappa shape index (κ3) is 5.76. The monoisotopic (exact) mass is 470 g/mol. The number of nitrogens with one attached hydrogen (secondary N) is 2. The summed E-state index contributed by atoms with van der Waals surface area (Å²) in [6.07, 6.45) is 3.66. The standard InChI is InChI=1S/C24H28F2N6O2/c1-13(2)7-15(10-27)30-24-19(25)9-18(22(28)33)23(32-24)31-16-8-14(11-29-12-16)17-5-4-6-20(34-3)21(17)26/h4-6,8-9,11-13,15H,7,10,27H2,1-3H3,(H2,28,33)(H2,30,31,32). The van der Waals surface area contributed by atoms with Crippen molar-refractivity contribution in [3.05, 3.63) is 59.9 Å². The molecule has 0 aliphatic rings. The van der Waals surface area contributed by atoms with E-state index in [0.29, 0.717) is 23.6 Å². The lowest BCUT2D eigenvalue weighted by molar-refractivity contribution is 0.100. The smallest absolute Gasteiger partial charge is 0.252 e. The Hall–Kier alpha value is -3.79. The lowest BCUT2D eigenvalue weighted by atomic mass is 10.0. The summed E-state index contributed by atoms with van der Waals surface area (Å²) in [5, 5.41) is 5.94. The number of benzene rings is 1. The molecule has 1 atom stereocenters. The lowest BCUT2D eigenvalue weighted by Crippen LogP contribution is -2.31. The average Bonchev–Trinajstić information content (AvgIpc) is 2.80. The van der Waals surface area contributed by atoms with Crippen molar-refractivity contribution in [3.8, 4) is 16.9 Å². The molecule has 0 bridgehead atoms. The van der Waals surface area contributed by atoms with E-state index in [0.717, 1.165) is 6.07 Å². The molecule has 1 amide bonds. The van der Waals surface area contributed by atoms with E-state index in [1.54, 1.807) is 18.2 Å². The predicted octanol–water partition coefficient (Wildman–Crippen LogP) is 4.06. The van der Waals surface area contributed by atoms with Crippen LogP contribution in [0.15, 0.2) is 42.7 Å². The highest BCUT2D eigenvalue weighted by Gasteiger charge is 2.19.